The van der Waals surface area contributed by atoms with Gasteiger partial charge in [-0.3, -0.25) is 0 Å². The van der Waals surface area contributed by atoms with Crippen LogP contribution in [0.5, 0.6) is 34.5 Å². The summed E-state index contributed by atoms with van der Waals surface area (Å²) in [5.41, 5.74) is 5.89. The zero-order valence-electron chi connectivity index (χ0n) is 23.1. The maximum atomic E-state index is 11.5. The first-order chi connectivity index (χ1) is 19.5. The number of ether oxygens (including phenoxy) is 4. The molecular weight excluding hydrogens is 504 g/mol. The predicted octanol–water partition coefficient (Wildman–Crippen LogP) is 7.15. The van der Waals surface area contributed by atoms with Crippen molar-refractivity contribution in [3.63, 3.8) is 0 Å². The quantitative estimate of drug-likeness (QED) is 0.272. The number of rotatable bonds is 6. The number of phenols is 2. The highest BCUT2D eigenvalue weighted by Gasteiger charge is 2.33. The Hall–Kier alpha value is -4.32. The number of benzene rings is 4. The molecule has 0 radical (unpaired) electrons. The Kier molecular flexibility index (Phi) is 6.93. The van der Waals surface area contributed by atoms with E-state index in [-0.39, 0.29) is 30.1 Å². The van der Waals surface area contributed by atoms with Gasteiger partial charge in [0.15, 0.2) is 0 Å². The topological polar surface area (TPSA) is 77.4 Å². The molecule has 0 fully saturated rings. The molecule has 2 aliphatic rings. The van der Waals surface area contributed by atoms with Crippen LogP contribution in [0.2, 0.25) is 0 Å². The Morgan fingerprint density at radius 3 is 1.85 bits per heavy atom. The number of hydrogen-bond donors (Lipinski definition) is 2. The summed E-state index contributed by atoms with van der Waals surface area (Å²) >= 11 is 0. The van der Waals surface area contributed by atoms with Crippen LogP contribution in [0.3, 0.4) is 0 Å². The van der Waals surface area contributed by atoms with Crippen LogP contribution in [-0.4, -0.2) is 24.4 Å². The largest absolute Gasteiger partial charge is 0.507 e. The molecule has 2 unspecified atom stereocenters. The summed E-state index contributed by atoms with van der Waals surface area (Å²) in [6, 6.07) is 21.9. The molecule has 6 heteroatoms. The van der Waals surface area contributed by atoms with Gasteiger partial charge in [0.2, 0.25) is 0 Å². The second-order valence-electron chi connectivity index (χ2n) is 10.5. The summed E-state index contributed by atoms with van der Waals surface area (Å²) in [6.07, 6.45) is 2.98. The van der Waals surface area contributed by atoms with Gasteiger partial charge >= 0.3 is 0 Å². The monoisotopic (exact) mass is 538 g/mol. The lowest BCUT2D eigenvalue weighted by atomic mass is 9.88. The summed E-state index contributed by atoms with van der Waals surface area (Å²) in [7, 11) is 3.22. The van der Waals surface area contributed by atoms with Crippen molar-refractivity contribution in [1.29, 1.82) is 0 Å². The highest BCUT2D eigenvalue weighted by Crippen LogP contribution is 2.52. The van der Waals surface area contributed by atoms with Gasteiger partial charge in [-0.25, -0.2) is 0 Å². The van der Waals surface area contributed by atoms with Gasteiger partial charge < -0.3 is 29.2 Å². The molecule has 40 heavy (non-hydrogen) atoms. The molecule has 2 heterocycles. The van der Waals surface area contributed by atoms with E-state index in [1.54, 1.807) is 20.3 Å². The van der Waals surface area contributed by atoms with Gasteiger partial charge in [0.25, 0.3) is 0 Å². The Morgan fingerprint density at radius 1 is 0.750 bits per heavy atom. The lowest BCUT2D eigenvalue weighted by Gasteiger charge is -2.32. The van der Waals surface area contributed by atoms with Gasteiger partial charge in [0, 0.05) is 40.3 Å². The molecule has 0 amide bonds. The molecule has 6 nitrogen and oxygen atoms in total. The highest BCUT2D eigenvalue weighted by molar-refractivity contribution is 5.66. The van der Waals surface area contributed by atoms with Crippen molar-refractivity contribution in [3.8, 4) is 34.5 Å². The minimum absolute atomic E-state index is 0.0568. The van der Waals surface area contributed by atoms with E-state index >= 15 is 0 Å². The smallest absolute Gasteiger partial charge is 0.134 e. The Labute approximate surface area is 234 Å². The summed E-state index contributed by atoms with van der Waals surface area (Å²) < 4.78 is 24.6. The molecule has 0 bridgehead atoms. The minimum Gasteiger partial charge on any atom is -0.507 e. The van der Waals surface area contributed by atoms with Crippen LogP contribution in [0.15, 0.2) is 66.7 Å². The number of hydrogen-bond acceptors (Lipinski definition) is 6. The van der Waals surface area contributed by atoms with E-state index < -0.39 is 0 Å². The van der Waals surface area contributed by atoms with Crippen molar-refractivity contribution < 1.29 is 29.2 Å². The van der Waals surface area contributed by atoms with Gasteiger partial charge in [0.1, 0.15) is 46.7 Å². The lowest BCUT2D eigenvalue weighted by molar-refractivity contribution is 0.169. The SMILES string of the molecule is COc1cc(O)c(Cc2c(O)c(C)c(OC)c3c2OC(c2ccccc2)CC3)c2c1CCC(c1ccccc1)O2. The van der Waals surface area contributed by atoms with Crippen LogP contribution in [0.25, 0.3) is 0 Å². The molecule has 0 saturated heterocycles. The lowest BCUT2D eigenvalue weighted by Crippen LogP contribution is -2.19. The molecule has 0 saturated carbocycles. The first kappa shape index (κ1) is 25.9. The van der Waals surface area contributed by atoms with Crippen molar-refractivity contribution in [2.24, 2.45) is 0 Å². The maximum absolute atomic E-state index is 11.5. The van der Waals surface area contributed by atoms with E-state index in [9.17, 15) is 10.2 Å². The van der Waals surface area contributed by atoms with Crippen LogP contribution < -0.4 is 18.9 Å². The third-order valence-electron chi connectivity index (χ3n) is 8.18. The summed E-state index contributed by atoms with van der Waals surface area (Å²) in [5, 5.41) is 22.8. The van der Waals surface area contributed by atoms with Gasteiger partial charge in [-0.05, 0) is 43.7 Å². The summed E-state index contributed by atoms with van der Waals surface area (Å²) in [6.45, 7) is 1.85. The molecule has 206 valence electrons. The summed E-state index contributed by atoms with van der Waals surface area (Å²) in [4.78, 5) is 0. The first-order valence-electron chi connectivity index (χ1n) is 13.8. The standard InChI is InChI=1S/C34H34O6/c1-20-31(36)26(34-24(32(20)38-3)15-17-29(40-34)22-12-8-5-9-13-22)18-25-27(35)19-30(37-2)23-14-16-28(39-33(23)25)21-10-6-4-7-11-21/h4-13,19,28-29,35-36H,14-18H2,1-3H3. The fraction of sp³-hybridized carbons (Fsp3) is 0.294. The predicted molar refractivity (Wildman–Crippen MR) is 153 cm³/mol. The zero-order valence-corrected chi connectivity index (χ0v) is 23.1. The average Bonchev–Trinajstić information content (AvgIpc) is 3.00. The second-order valence-corrected chi connectivity index (χ2v) is 10.5. The van der Waals surface area contributed by atoms with Gasteiger partial charge in [-0.2, -0.15) is 0 Å². The van der Waals surface area contributed by atoms with Crippen LogP contribution in [0.1, 0.15) is 64.0 Å². The molecule has 2 N–H and O–H groups in total. The number of methoxy groups -OCH3 is 2. The van der Waals surface area contributed by atoms with E-state index in [2.05, 4.69) is 24.3 Å². The molecule has 0 aliphatic carbocycles. The van der Waals surface area contributed by atoms with Crippen LogP contribution in [0.4, 0.5) is 0 Å². The average molecular weight is 539 g/mol. The van der Waals surface area contributed by atoms with Crippen LogP contribution in [0, 0.1) is 6.92 Å². The van der Waals surface area contributed by atoms with Gasteiger partial charge in [0.05, 0.1) is 14.2 Å². The normalized spacial score (nSPS) is 17.7. The van der Waals surface area contributed by atoms with E-state index in [4.69, 9.17) is 18.9 Å². The maximum Gasteiger partial charge on any atom is 0.134 e. The van der Waals surface area contributed by atoms with E-state index in [1.807, 2.05) is 43.3 Å². The first-order valence-corrected chi connectivity index (χ1v) is 13.8. The van der Waals surface area contributed by atoms with E-state index in [0.717, 1.165) is 47.9 Å². The summed E-state index contributed by atoms with van der Waals surface area (Å²) in [5.74, 6) is 2.61. The molecule has 4 aromatic carbocycles. The Balaban J connectivity index is 1.47. The van der Waals surface area contributed by atoms with E-state index in [1.165, 1.54) is 0 Å². The van der Waals surface area contributed by atoms with E-state index in [0.29, 0.717) is 39.7 Å². The molecule has 6 rings (SSSR count). The van der Waals surface area contributed by atoms with Crippen molar-refractivity contribution in [1.82, 2.24) is 0 Å². The minimum atomic E-state index is -0.156. The Bertz CT molecular complexity index is 1530. The highest BCUT2D eigenvalue weighted by atomic mass is 16.5. The van der Waals surface area contributed by atoms with Crippen molar-refractivity contribution in [3.05, 3.63) is 106 Å². The van der Waals surface area contributed by atoms with Crippen molar-refractivity contribution >= 4 is 0 Å². The molecule has 0 aromatic heterocycles. The Morgan fingerprint density at radius 2 is 1.30 bits per heavy atom. The zero-order chi connectivity index (χ0) is 27.8. The molecule has 2 atom stereocenters. The van der Waals surface area contributed by atoms with Crippen molar-refractivity contribution in [2.75, 3.05) is 14.2 Å². The molecular formula is C34H34O6. The molecule has 4 aromatic rings. The van der Waals surface area contributed by atoms with Gasteiger partial charge in [-0.1, -0.05) is 60.7 Å². The van der Waals surface area contributed by atoms with Crippen LogP contribution in [-0.2, 0) is 19.3 Å². The molecule has 0 spiro atoms. The number of phenolic OH excluding ortho intramolecular Hbond substituents is 2. The van der Waals surface area contributed by atoms with Crippen molar-refractivity contribution in [2.45, 2.75) is 51.2 Å². The molecule has 2 aliphatic heterocycles. The third-order valence-corrected chi connectivity index (χ3v) is 8.18. The second kappa shape index (κ2) is 10.7. The third kappa shape index (κ3) is 4.47. The van der Waals surface area contributed by atoms with Crippen LogP contribution >= 0.6 is 0 Å². The fourth-order valence-corrected chi connectivity index (χ4v) is 6.14. The fourth-order valence-electron chi connectivity index (χ4n) is 6.14. The van der Waals surface area contributed by atoms with Gasteiger partial charge in [-0.15, -0.1) is 0 Å². The number of fused-ring (bicyclic) bond motifs is 2. The number of aromatic hydroxyl groups is 2.